The molecule has 2 bridgehead atoms. The Morgan fingerprint density at radius 1 is 1.25 bits per heavy atom. The maximum atomic E-state index is 12.2. The summed E-state index contributed by atoms with van der Waals surface area (Å²) in [7, 11) is 0. The first-order valence-electron chi connectivity index (χ1n) is 7.53. The van der Waals surface area contributed by atoms with E-state index in [1.54, 1.807) is 11.3 Å². The number of rotatable bonds is 3. The molecular formula is C15H20N2O2S. The van der Waals surface area contributed by atoms with Crippen LogP contribution in [0, 0.1) is 5.92 Å². The van der Waals surface area contributed by atoms with E-state index in [1.165, 1.54) is 0 Å². The molecule has 3 N–H and O–H groups in total. The van der Waals surface area contributed by atoms with Gasteiger partial charge in [-0.2, -0.15) is 0 Å². The van der Waals surface area contributed by atoms with Crippen molar-refractivity contribution in [3.05, 3.63) is 10.9 Å². The number of aliphatic hydroxyl groups excluding tert-OH is 1. The molecule has 3 aliphatic rings. The summed E-state index contributed by atoms with van der Waals surface area (Å²) in [4.78, 5) is 15.4. The number of hydrogen-bond donors (Lipinski definition) is 2. The maximum absolute atomic E-state index is 12.2. The smallest absolute Gasteiger partial charge is 0.178 e. The van der Waals surface area contributed by atoms with Gasteiger partial charge in [0.15, 0.2) is 5.78 Å². The zero-order chi connectivity index (χ0) is 13.9. The van der Waals surface area contributed by atoms with E-state index in [2.05, 4.69) is 4.90 Å². The first-order chi connectivity index (χ1) is 9.63. The van der Waals surface area contributed by atoms with Crippen LogP contribution in [0.2, 0.25) is 0 Å². The summed E-state index contributed by atoms with van der Waals surface area (Å²) in [5.41, 5.74) is 6.71. The van der Waals surface area contributed by atoms with E-state index in [-0.39, 0.29) is 17.8 Å². The average molecular weight is 292 g/mol. The zero-order valence-electron chi connectivity index (χ0n) is 11.4. The van der Waals surface area contributed by atoms with Crippen LogP contribution < -0.4 is 10.6 Å². The van der Waals surface area contributed by atoms with Crippen molar-refractivity contribution in [2.24, 2.45) is 5.92 Å². The highest BCUT2D eigenvalue weighted by atomic mass is 32.1. The highest BCUT2D eigenvalue weighted by Crippen LogP contribution is 2.45. The van der Waals surface area contributed by atoms with Crippen molar-refractivity contribution in [1.29, 1.82) is 0 Å². The van der Waals surface area contributed by atoms with Crippen molar-refractivity contribution in [3.63, 3.8) is 0 Å². The summed E-state index contributed by atoms with van der Waals surface area (Å²) in [5, 5.41) is 11.0. The number of piperidine rings is 1. The number of anilines is 2. The summed E-state index contributed by atoms with van der Waals surface area (Å²) in [5.74, 6) is 0.465. The second-order valence-corrected chi connectivity index (χ2v) is 7.46. The Labute approximate surface area is 122 Å². The molecule has 0 aromatic carbocycles. The van der Waals surface area contributed by atoms with Crippen LogP contribution in [0.5, 0.6) is 0 Å². The Kier molecular flexibility index (Phi) is 2.82. The van der Waals surface area contributed by atoms with Crippen molar-refractivity contribution in [3.8, 4) is 0 Å². The van der Waals surface area contributed by atoms with Gasteiger partial charge in [0.1, 0.15) is 0 Å². The fraction of sp³-hybridized carbons (Fsp3) is 0.667. The minimum atomic E-state index is -0.159. The third kappa shape index (κ3) is 1.95. The van der Waals surface area contributed by atoms with Gasteiger partial charge in [-0.15, -0.1) is 11.3 Å². The number of nitrogens with two attached hydrogens (primary N) is 1. The molecule has 2 unspecified atom stereocenters. The molecule has 0 radical (unpaired) electrons. The molecule has 3 fully saturated rings. The second kappa shape index (κ2) is 4.46. The molecule has 0 spiro atoms. The van der Waals surface area contributed by atoms with Gasteiger partial charge in [0, 0.05) is 18.0 Å². The monoisotopic (exact) mass is 292 g/mol. The zero-order valence-corrected chi connectivity index (χ0v) is 12.2. The van der Waals surface area contributed by atoms with Crippen molar-refractivity contribution >= 4 is 27.8 Å². The van der Waals surface area contributed by atoms with Crippen LogP contribution in [0.3, 0.4) is 0 Å². The number of nitrogen functional groups attached to an aromatic ring is 1. The van der Waals surface area contributed by atoms with Crippen molar-refractivity contribution in [1.82, 2.24) is 0 Å². The Morgan fingerprint density at radius 3 is 2.50 bits per heavy atom. The lowest BCUT2D eigenvalue weighted by Crippen LogP contribution is -2.44. The standard InChI is InChI=1S/C15H20N2O2S/c16-12-7-13(20-15(12)14(19)8-1-2-8)17-9-3-4-10(17)6-11(18)5-9/h7-11,18H,1-6,16H2. The lowest BCUT2D eigenvalue weighted by atomic mass is 10.0. The third-order valence-electron chi connectivity index (χ3n) is 4.88. The summed E-state index contributed by atoms with van der Waals surface area (Å²) < 4.78 is 0. The SMILES string of the molecule is Nc1cc(N2C3CCC2CC(O)C3)sc1C(=O)C1CC1. The summed E-state index contributed by atoms with van der Waals surface area (Å²) in [6.07, 6.45) is 5.87. The third-order valence-corrected chi connectivity index (χ3v) is 6.06. The van der Waals surface area contributed by atoms with Gasteiger partial charge in [0.25, 0.3) is 0 Å². The molecule has 4 nitrogen and oxygen atoms in total. The van der Waals surface area contributed by atoms with Crippen LogP contribution in [0.4, 0.5) is 10.7 Å². The first kappa shape index (κ1) is 12.7. The molecule has 2 atom stereocenters. The van der Waals surface area contributed by atoms with Crippen molar-refractivity contribution in [2.75, 3.05) is 10.6 Å². The first-order valence-corrected chi connectivity index (χ1v) is 8.35. The largest absolute Gasteiger partial charge is 0.397 e. The molecule has 5 heteroatoms. The van der Waals surface area contributed by atoms with E-state index in [0.717, 1.165) is 48.4 Å². The normalized spacial score (nSPS) is 32.6. The molecule has 20 heavy (non-hydrogen) atoms. The molecule has 1 aliphatic carbocycles. The highest BCUT2D eigenvalue weighted by molar-refractivity contribution is 7.18. The number of carbonyl (C=O) groups excluding carboxylic acids is 1. The van der Waals surface area contributed by atoms with Crippen LogP contribution in [0.25, 0.3) is 0 Å². The van der Waals surface area contributed by atoms with Crippen molar-refractivity contribution in [2.45, 2.75) is 56.7 Å². The maximum Gasteiger partial charge on any atom is 0.178 e. The number of nitrogens with zero attached hydrogens (tertiary/aromatic N) is 1. The number of fused-ring (bicyclic) bond motifs is 2. The molecular weight excluding hydrogens is 272 g/mol. The average Bonchev–Trinajstić information content (AvgIpc) is 3.13. The Hall–Kier alpha value is -1.07. The lowest BCUT2D eigenvalue weighted by Gasteiger charge is -2.37. The van der Waals surface area contributed by atoms with Crippen molar-refractivity contribution < 1.29 is 9.90 Å². The summed E-state index contributed by atoms with van der Waals surface area (Å²) >= 11 is 1.56. The number of Topliss-reactive ketones (excluding diaryl/α,β-unsaturated/α-hetero) is 1. The molecule has 1 saturated carbocycles. The van der Waals surface area contributed by atoms with Gasteiger partial charge in [0.2, 0.25) is 0 Å². The number of thiophene rings is 1. The molecule has 3 heterocycles. The van der Waals surface area contributed by atoms with Crippen LogP contribution >= 0.6 is 11.3 Å². The number of aliphatic hydroxyl groups is 1. The van der Waals surface area contributed by atoms with Gasteiger partial charge in [-0.25, -0.2) is 0 Å². The molecule has 0 amide bonds. The van der Waals surface area contributed by atoms with Gasteiger partial charge < -0.3 is 15.7 Å². The van der Waals surface area contributed by atoms with E-state index in [4.69, 9.17) is 5.73 Å². The summed E-state index contributed by atoms with van der Waals surface area (Å²) in [6, 6.07) is 2.82. The Morgan fingerprint density at radius 2 is 1.90 bits per heavy atom. The van der Waals surface area contributed by atoms with Crippen LogP contribution in [0.15, 0.2) is 6.07 Å². The number of carbonyl (C=O) groups is 1. The van der Waals surface area contributed by atoms with E-state index in [9.17, 15) is 9.90 Å². The van der Waals surface area contributed by atoms with E-state index >= 15 is 0 Å². The topological polar surface area (TPSA) is 66.6 Å². The second-order valence-electron chi connectivity index (χ2n) is 6.43. The molecule has 2 aliphatic heterocycles. The molecule has 1 aromatic heterocycles. The van der Waals surface area contributed by atoms with Crippen LogP contribution in [-0.2, 0) is 0 Å². The van der Waals surface area contributed by atoms with Gasteiger partial charge in [-0.3, -0.25) is 4.79 Å². The quantitative estimate of drug-likeness (QED) is 0.840. The predicted octanol–water partition coefficient (Wildman–Crippen LogP) is 2.42. The highest BCUT2D eigenvalue weighted by Gasteiger charge is 2.41. The van der Waals surface area contributed by atoms with E-state index in [0.29, 0.717) is 17.8 Å². The van der Waals surface area contributed by atoms with Gasteiger partial charge >= 0.3 is 0 Å². The fourth-order valence-electron chi connectivity index (χ4n) is 3.75. The number of hydrogen-bond acceptors (Lipinski definition) is 5. The molecule has 1 aromatic rings. The fourth-order valence-corrected chi connectivity index (χ4v) is 4.99. The summed E-state index contributed by atoms with van der Waals surface area (Å²) in [6.45, 7) is 0. The lowest BCUT2D eigenvalue weighted by molar-refractivity contribution is 0.0972. The number of ketones is 1. The van der Waals surface area contributed by atoms with Crippen LogP contribution in [0.1, 0.15) is 48.2 Å². The van der Waals surface area contributed by atoms with Crippen LogP contribution in [-0.4, -0.2) is 29.1 Å². The minimum Gasteiger partial charge on any atom is -0.397 e. The Bertz CT molecular complexity index is 538. The van der Waals surface area contributed by atoms with E-state index in [1.807, 2.05) is 6.07 Å². The van der Waals surface area contributed by atoms with Gasteiger partial charge in [0.05, 0.1) is 21.7 Å². The molecule has 108 valence electrons. The van der Waals surface area contributed by atoms with Gasteiger partial charge in [-0.1, -0.05) is 0 Å². The van der Waals surface area contributed by atoms with E-state index < -0.39 is 0 Å². The molecule has 4 rings (SSSR count). The minimum absolute atomic E-state index is 0.159. The molecule has 2 saturated heterocycles. The predicted molar refractivity (Wildman–Crippen MR) is 80.3 cm³/mol. The van der Waals surface area contributed by atoms with Gasteiger partial charge in [-0.05, 0) is 44.6 Å². The Balaban J connectivity index is 1.63.